The molecule has 0 radical (unpaired) electrons. The van der Waals surface area contributed by atoms with Gasteiger partial charge in [-0.25, -0.2) is 0 Å². The van der Waals surface area contributed by atoms with Gasteiger partial charge in [-0.05, 0) is 170 Å². The van der Waals surface area contributed by atoms with Crippen molar-refractivity contribution < 1.29 is 28.8 Å². The summed E-state index contributed by atoms with van der Waals surface area (Å²) in [6, 6.07) is 71.9. The number of amides is 6. The molecule has 3 N–H and O–H groups in total. The first kappa shape index (κ1) is 82.9. The molecular weight excluding hydrogens is 1320 g/mol. The Bertz CT molecular complexity index is 3830. The van der Waals surface area contributed by atoms with Gasteiger partial charge in [0, 0.05) is 130 Å². The lowest BCUT2D eigenvalue weighted by Crippen LogP contribution is -2.47. The highest BCUT2D eigenvalue weighted by molar-refractivity contribution is 5.88. The lowest BCUT2D eigenvalue weighted by Gasteiger charge is -2.37. The predicted molar refractivity (Wildman–Crippen MR) is 428 cm³/mol. The Morgan fingerprint density at radius 1 is 0.292 bits per heavy atom. The van der Waals surface area contributed by atoms with Gasteiger partial charge in [0.1, 0.15) is 0 Å². The molecule has 3 aromatic heterocycles. The first-order valence-electron chi connectivity index (χ1n) is 37.8. The third-order valence-electron chi connectivity index (χ3n) is 19.3. The molecule has 3 heterocycles. The molecule has 106 heavy (non-hydrogen) atoms. The molecule has 0 saturated heterocycles. The zero-order chi connectivity index (χ0) is 76.5. The predicted octanol–water partition coefficient (Wildman–Crippen LogP) is 16.6. The van der Waals surface area contributed by atoms with Gasteiger partial charge in [0.2, 0.25) is 35.4 Å². The fraction of sp³-hybridized carbons (Fsp3) is 0.374. The van der Waals surface area contributed by atoms with Crippen LogP contribution >= 0.6 is 0 Å². The van der Waals surface area contributed by atoms with Crippen molar-refractivity contribution in [2.24, 2.45) is 0 Å². The van der Waals surface area contributed by atoms with Gasteiger partial charge in [-0.2, -0.15) is 0 Å². The van der Waals surface area contributed by atoms with Gasteiger partial charge in [0.05, 0.1) is 17.8 Å². The van der Waals surface area contributed by atoms with Gasteiger partial charge in [-0.1, -0.05) is 207 Å². The van der Waals surface area contributed by atoms with E-state index < -0.39 is 17.8 Å². The Labute approximate surface area is 631 Å². The van der Waals surface area contributed by atoms with Gasteiger partial charge in [0.15, 0.2) is 0 Å². The zero-order valence-electron chi connectivity index (χ0n) is 64.5. The first-order valence-corrected chi connectivity index (χ1v) is 37.8. The van der Waals surface area contributed by atoms with E-state index in [1.807, 2.05) is 316 Å². The maximum absolute atomic E-state index is 14.1. The molecule has 7 atom stereocenters. The van der Waals surface area contributed by atoms with Gasteiger partial charge >= 0.3 is 0 Å². The lowest BCUT2D eigenvalue weighted by atomic mass is 9.80. The Morgan fingerprint density at radius 3 is 0.774 bits per heavy atom. The van der Waals surface area contributed by atoms with Crippen molar-refractivity contribution in [3.05, 3.63) is 306 Å². The van der Waals surface area contributed by atoms with E-state index in [1.165, 1.54) is 0 Å². The smallest absolute Gasteiger partial charge is 0.231 e. The molecule has 558 valence electrons. The van der Waals surface area contributed by atoms with E-state index in [2.05, 4.69) is 37.8 Å². The number of benzene rings is 6. The number of nitrogens with zero attached hydrogens (tertiary/aromatic N) is 6. The highest BCUT2D eigenvalue weighted by Gasteiger charge is 2.40. The normalized spacial score (nSPS) is 13.2. The highest BCUT2D eigenvalue weighted by atomic mass is 16.2. The number of nitrogens with one attached hydrogen (secondary N) is 3. The van der Waals surface area contributed by atoms with Gasteiger partial charge < -0.3 is 30.7 Å². The van der Waals surface area contributed by atoms with Crippen LogP contribution in [0.2, 0.25) is 0 Å². The molecule has 0 aliphatic rings. The molecule has 0 aliphatic carbocycles. The van der Waals surface area contributed by atoms with E-state index in [-0.39, 0.29) is 95.4 Å². The molecule has 0 saturated carbocycles. The van der Waals surface area contributed by atoms with E-state index in [4.69, 9.17) is 0 Å². The summed E-state index contributed by atoms with van der Waals surface area (Å²) >= 11 is 0. The minimum atomic E-state index is -0.474. The van der Waals surface area contributed by atoms with Crippen LogP contribution in [0.5, 0.6) is 0 Å². The van der Waals surface area contributed by atoms with Gasteiger partial charge in [-0.3, -0.25) is 43.7 Å². The molecule has 0 spiro atoms. The van der Waals surface area contributed by atoms with Crippen molar-refractivity contribution in [3.8, 4) is 0 Å². The average Bonchev–Trinajstić information content (AvgIpc) is 0.809. The van der Waals surface area contributed by atoms with Crippen LogP contribution in [0.4, 0.5) is 0 Å². The molecule has 0 fully saturated rings. The van der Waals surface area contributed by atoms with Crippen molar-refractivity contribution in [2.45, 2.75) is 200 Å². The van der Waals surface area contributed by atoms with E-state index in [9.17, 15) is 28.8 Å². The average molecular weight is 1430 g/mol. The third-order valence-corrected chi connectivity index (χ3v) is 19.3. The molecule has 15 heteroatoms. The minimum Gasteiger partial charge on any atom is -0.355 e. The van der Waals surface area contributed by atoms with Gasteiger partial charge in [0.25, 0.3) is 0 Å². The first-order chi connectivity index (χ1) is 51.1. The van der Waals surface area contributed by atoms with Crippen LogP contribution in [-0.4, -0.2) is 121 Å². The van der Waals surface area contributed by atoms with Crippen LogP contribution in [0, 0.1) is 0 Å². The van der Waals surface area contributed by atoms with Crippen LogP contribution in [0.25, 0.3) is 0 Å². The third kappa shape index (κ3) is 25.2. The number of hydrogen-bond acceptors (Lipinski definition) is 9. The molecule has 0 aliphatic heterocycles. The Balaban J connectivity index is 0.000000222. The number of aryl methyl sites for hydroxylation is 2. The number of aromatic nitrogens is 3. The summed E-state index contributed by atoms with van der Waals surface area (Å²) in [6.45, 7) is 27.7. The molecule has 9 rings (SSSR count). The van der Waals surface area contributed by atoms with Crippen molar-refractivity contribution >= 4 is 35.4 Å². The number of pyridine rings is 3. The summed E-state index contributed by atoms with van der Waals surface area (Å²) < 4.78 is 0. The van der Waals surface area contributed by atoms with Crippen LogP contribution in [0.3, 0.4) is 0 Å². The van der Waals surface area contributed by atoms with Gasteiger partial charge in [-0.15, -0.1) is 0 Å². The van der Waals surface area contributed by atoms with Crippen LogP contribution < -0.4 is 16.0 Å². The Morgan fingerprint density at radius 2 is 0.528 bits per heavy atom. The quantitative estimate of drug-likeness (QED) is 0.0360. The number of carbonyl (C=O) groups excluding carboxylic acids is 6. The zero-order valence-corrected chi connectivity index (χ0v) is 64.5. The van der Waals surface area contributed by atoms with Crippen LogP contribution in [0.1, 0.15) is 201 Å². The highest BCUT2D eigenvalue weighted by Crippen LogP contribution is 2.39. The number of rotatable bonds is 33. The fourth-order valence-corrected chi connectivity index (χ4v) is 14.4. The Kier molecular flexibility index (Phi) is 33.7. The van der Waals surface area contributed by atoms with E-state index in [0.29, 0.717) is 51.7 Å². The standard InChI is InChI=1S/C31H39N3O2.2C30H37N3O2/c1-22(2)34(23(3)4)31(36)30(27-17-12-18-32-20-27)28(26-15-10-7-11-16-26)21-33-29(35)19-24(5)25-13-8-6-9-14-25;2*1-22(2)33(23(3)4)30(35)29(26-16-11-19-31-20-26)27(25-14-9-6-10-15-25)21-32-28(34)18-17-24-12-7-5-8-13-24/h6-18,20,22-24,28,30H,19,21H2,1-5H3,(H,33,35);2*5-16,19-20,22-23,27,29H,17-18,21H2,1-4H3,(H,32,34). The second-order valence-corrected chi connectivity index (χ2v) is 29.0. The number of hydrogen-bond donors (Lipinski definition) is 3. The van der Waals surface area contributed by atoms with Crippen LogP contribution in [-0.2, 0) is 41.6 Å². The number of carbonyl (C=O) groups is 6. The van der Waals surface area contributed by atoms with E-state index >= 15 is 0 Å². The van der Waals surface area contributed by atoms with Crippen molar-refractivity contribution in [1.29, 1.82) is 0 Å². The second kappa shape index (κ2) is 43.1. The van der Waals surface area contributed by atoms with Crippen molar-refractivity contribution in [3.63, 3.8) is 0 Å². The second-order valence-electron chi connectivity index (χ2n) is 29.0. The molecule has 0 bridgehead atoms. The molecular formula is C91H113N9O6. The molecule has 6 aromatic carbocycles. The summed E-state index contributed by atoms with van der Waals surface area (Å²) in [5.41, 5.74) is 9.03. The molecule has 9 aromatic rings. The molecule has 15 nitrogen and oxygen atoms in total. The molecule has 7 unspecified atom stereocenters. The minimum absolute atomic E-state index is 0.0169. The van der Waals surface area contributed by atoms with Crippen molar-refractivity contribution in [2.75, 3.05) is 19.6 Å². The largest absolute Gasteiger partial charge is 0.355 e. The topological polar surface area (TPSA) is 187 Å². The SMILES string of the molecule is CC(C)N(C(=O)C(c1cccnc1)C(CNC(=O)CCc1ccccc1)c1ccccc1)C(C)C.CC(C)N(C(=O)C(c1cccnc1)C(CNC(=O)CCc1ccccc1)c1ccccc1)C(C)C.CC(CC(=O)NCC(c1ccccc1)C(C(=O)N(C(C)C)C(C)C)c1cccnc1)c1ccccc1. The summed E-state index contributed by atoms with van der Waals surface area (Å²) in [4.78, 5) is 99.7. The summed E-state index contributed by atoms with van der Waals surface area (Å²) in [5.74, 6) is -1.90. The van der Waals surface area contributed by atoms with Crippen LogP contribution in [0.15, 0.2) is 256 Å². The summed E-state index contributed by atoms with van der Waals surface area (Å²) in [5, 5.41) is 9.40. The monoisotopic (exact) mass is 1430 g/mol. The summed E-state index contributed by atoms with van der Waals surface area (Å²) in [7, 11) is 0. The fourth-order valence-electron chi connectivity index (χ4n) is 14.4. The maximum atomic E-state index is 14.1. The lowest BCUT2D eigenvalue weighted by molar-refractivity contribution is -0.138. The van der Waals surface area contributed by atoms with Crippen molar-refractivity contribution in [1.82, 2.24) is 45.6 Å². The van der Waals surface area contributed by atoms with E-state index in [1.54, 1.807) is 37.2 Å². The maximum Gasteiger partial charge on any atom is 0.231 e. The molecule has 6 amide bonds. The van der Waals surface area contributed by atoms with E-state index in [0.717, 1.165) is 50.1 Å². The Hall–Kier alpha value is -10.4. The summed E-state index contributed by atoms with van der Waals surface area (Å²) in [6.07, 6.45) is 13.0.